The summed E-state index contributed by atoms with van der Waals surface area (Å²) in [5.41, 5.74) is 3.55. The van der Waals surface area contributed by atoms with Crippen LogP contribution in [0.15, 0.2) is 18.2 Å². The van der Waals surface area contributed by atoms with Gasteiger partial charge in [-0.3, -0.25) is 4.79 Å². The lowest BCUT2D eigenvalue weighted by Crippen LogP contribution is -2.39. The average Bonchev–Trinajstić information content (AvgIpc) is 3.07. The van der Waals surface area contributed by atoms with Gasteiger partial charge in [-0.1, -0.05) is 6.07 Å². The van der Waals surface area contributed by atoms with Crippen molar-refractivity contribution in [1.29, 1.82) is 0 Å². The van der Waals surface area contributed by atoms with Gasteiger partial charge in [0.2, 0.25) is 0 Å². The third-order valence-corrected chi connectivity index (χ3v) is 5.81. The van der Waals surface area contributed by atoms with E-state index in [4.69, 9.17) is 0 Å². The maximum absolute atomic E-state index is 13.1. The highest BCUT2D eigenvalue weighted by Gasteiger charge is 2.29. The molecule has 2 aliphatic rings. The van der Waals surface area contributed by atoms with E-state index >= 15 is 0 Å². The molecule has 1 N–H and O–H groups in total. The monoisotopic (exact) mass is 354 g/mol. The third-order valence-electron chi connectivity index (χ3n) is 5.81. The van der Waals surface area contributed by atoms with Crippen molar-refractivity contribution in [2.24, 2.45) is 7.05 Å². The Morgan fingerprint density at radius 2 is 2.00 bits per heavy atom. The van der Waals surface area contributed by atoms with E-state index in [9.17, 15) is 9.90 Å². The summed E-state index contributed by atoms with van der Waals surface area (Å²) in [5, 5.41) is 17.6. The number of hydrogen-bond acceptors (Lipinski definition) is 4. The standard InChI is InChI=1S/C20H26N4O2/c1-23-18(13-25)21-22-19(23)17-7-4-10-24(12-17)20(26)16-9-8-14-5-2-3-6-15(14)11-16/h8-9,11,17,25H,2-7,10,12-13H2,1H3/t17-/m0/s1. The molecule has 138 valence electrons. The van der Waals surface area contributed by atoms with Gasteiger partial charge in [0.25, 0.3) is 5.91 Å². The van der Waals surface area contributed by atoms with Gasteiger partial charge in [0.15, 0.2) is 5.82 Å². The fourth-order valence-corrected chi connectivity index (χ4v) is 4.29. The number of aromatic nitrogens is 3. The fraction of sp³-hybridized carbons (Fsp3) is 0.550. The molecule has 0 spiro atoms. The lowest BCUT2D eigenvalue weighted by atomic mass is 9.90. The van der Waals surface area contributed by atoms with Gasteiger partial charge in [-0.05, 0) is 61.8 Å². The van der Waals surface area contributed by atoms with Crippen LogP contribution in [0.25, 0.3) is 0 Å². The third kappa shape index (κ3) is 3.14. The van der Waals surface area contributed by atoms with E-state index in [-0.39, 0.29) is 18.4 Å². The predicted molar refractivity (Wildman–Crippen MR) is 97.9 cm³/mol. The molecule has 6 nitrogen and oxygen atoms in total. The Labute approximate surface area is 153 Å². The molecular weight excluding hydrogens is 328 g/mol. The number of carbonyl (C=O) groups excluding carboxylic acids is 1. The molecule has 2 heterocycles. The highest BCUT2D eigenvalue weighted by atomic mass is 16.3. The van der Waals surface area contributed by atoms with Crippen LogP contribution in [0.5, 0.6) is 0 Å². The zero-order valence-corrected chi connectivity index (χ0v) is 15.3. The molecule has 6 heteroatoms. The van der Waals surface area contributed by atoms with Gasteiger partial charge < -0.3 is 14.6 Å². The largest absolute Gasteiger partial charge is 0.388 e. The zero-order valence-electron chi connectivity index (χ0n) is 15.3. The molecule has 26 heavy (non-hydrogen) atoms. The molecule has 1 saturated heterocycles. The quantitative estimate of drug-likeness (QED) is 0.917. The fourth-order valence-electron chi connectivity index (χ4n) is 4.29. The van der Waals surface area contributed by atoms with Crippen LogP contribution in [0.3, 0.4) is 0 Å². The molecule has 0 unspecified atom stereocenters. The number of piperidine rings is 1. The number of amides is 1. The van der Waals surface area contributed by atoms with Crippen LogP contribution in [0, 0.1) is 0 Å². The van der Waals surface area contributed by atoms with Gasteiger partial charge in [0.05, 0.1) is 0 Å². The number of carbonyl (C=O) groups is 1. The van der Waals surface area contributed by atoms with Crippen LogP contribution in [0.1, 0.15) is 64.7 Å². The SMILES string of the molecule is Cn1c(CO)nnc1[C@H]1CCCN(C(=O)c2ccc3c(c2)CCCC3)C1. The molecule has 0 bridgehead atoms. The van der Waals surface area contributed by atoms with Crippen molar-refractivity contribution in [1.82, 2.24) is 19.7 Å². The van der Waals surface area contributed by atoms with E-state index in [1.54, 1.807) is 0 Å². The minimum atomic E-state index is -0.117. The number of benzene rings is 1. The minimum absolute atomic E-state index is 0.117. The van der Waals surface area contributed by atoms with Crippen molar-refractivity contribution in [2.75, 3.05) is 13.1 Å². The zero-order chi connectivity index (χ0) is 18.1. The van der Waals surface area contributed by atoms with Gasteiger partial charge in [0, 0.05) is 31.6 Å². The first-order valence-electron chi connectivity index (χ1n) is 9.57. The van der Waals surface area contributed by atoms with Crippen molar-refractivity contribution >= 4 is 5.91 Å². The second-order valence-corrected chi connectivity index (χ2v) is 7.47. The molecule has 2 aromatic rings. The molecule has 0 radical (unpaired) electrons. The Kier molecular flexibility index (Phi) is 4.76. The summed E-state index contributed by atoms with van der Waals surface area (Å²) in [6.07, 6.45) is 6.64. The van der Waals surface area contributed by atoms with Gasteiger partial charge in [-0.25, -0.2) is 0 Å². The Hall–Kier alpha value is -2.21. The number of aliphatic hydroxyl groups excluding tert-OH is 1. The summed E-state index contributed by atoms with van der Waals surface area (Å²) >= 11 is 0. The van der Waals surface area contributed by atoms with E-state index in [1.807, 2.05) is 22.6 Å². The number of fused-ring (bicyclic) bond motifs is 1. The maximum Gasteiger partial charge on any atom is 0.253 e. The maximum atomic E-state index is 13.1. The van der Waals surface area contributed by atoms with Crippen molar-refractivity contribution in [2.45, 2.75) is 51.0 Å². The molecule has 1 aliphatic heterocycles. The first-order chi connectivity index (χ1) is 12.7. The first kappa shape index (κ1) is 17.2. The molecule has 1 atom stereocenters. The minimum Gasteiger partial charge on any atom is -0.388 e. The summed E-state index contributed by atoms with van der Waals surface area (Å²) in [5.74, 6) is 1.71. The Morgan fingerprint density at radius 3 is 2.77 bits per heavy atom. The molecular formula is C20H26N4O2. The molecule has 1 aromatic heterocycles. The molecule has 0 saturated carbocycles. The van der Waals surface area contributed by atoms with E-state index in [0.29, 0.717) is 12.4 Å². The summed E-state index contributed by atoms with van der Waals surface area (Å²) in [7, 11) is 1.88. The Bertz CT molecular complexity index is 814. The number of likely N-dealkylation sites (tertiary alicyclic amines) is 1. The number of nitrogens with zero attached hydrogens (tertiary/aromatic N) is 4. The molecule has 1 aliphatic carbocycles. The second kappa shape index (κ2) is 7.19. The van der Waals surface area contributed by atoms with E-state index in [0.717, 1.165) is 43.6 Å². The normalized spacial score (nSPS) is 20.1. The molecule has 1 amide bonds. The second-order valence-electron chi connectivity index (χ2n) is 7.47. The van der Waals surface area contributed by atoms with Crippen molar-refractivity contribution < 1.29 is 9.90 Å². The number of aryl methyl sites for hydroxylation is 2. The Morgan fingerprint density at radius 1 is 1.19 bits per heavy atom. The highest BCUT2D eigenvalue weighted by Crippen LogP contribution is 2.28. The first-order valence-corrected chi connectivity index (χ1v) is 9.57. The van der Waals surface area contributed by atoms with Gasteiger partial charge in [-0.2, -0.15) is 0 Å². The molecule has 1 aromatic carbocycles. The van der Waals surface area contributed by atoms with E-state index in [2.05, 4.69) is 22.3 Å². The van der Waals surface area contributed by atoms with Gasteiger partial charge in [0.1, 0.15) is 12.4 Å². The number of hydrogen-bond donors (Lipinski definition) is 1. The van der Waals surface area contributed by atoms with Crippen LogP contribution in [-0.2, 0) is 26.5 Å². The Balaban J connectivity index is 1.52. The van der Waals surface area contributed by atoms with Crippen LogP contribution in [-0.4, -0.2) is 43.8 Å². The summed E-state index contributed by atoms with van der Waals surface area (Å²) in [4.78, 5) is 15.0. The average molecular weight is 354 g/mol. The lowest BCUT2D eigenvalue weighted by Gasteiger charge is -2.32. The van der Waals surface area contributed by atoms with Gasteiger partial charge in [-0.15, -0.1) is 10.2 Å². The van der Waals surface area contributed by atoms with Crippen LogP contribution in [0.2, 0.25) is 0 Å². The predicted octanol–water partition coefficient (Wildman–Crippen LogP) is 2.21. The number of rotatable bonds is 3. The van der Waals surface area contributed by atoms with Crippen LogP contribution in [0.4, 0.5) is 0 Å². The summed E-state index contributed by atoms with van der Waals surface area (Å²) in [6, 6.07) is 6.23. The number of aliphatic hydroxyl groups is 1. The van der Waals surface area contributed by atoms with E-state index in [1.165, 1.54) is 24.0 Å². The smallest absolute Gasteiger partial charge is 0.253 e. The topological polar surface area (TPSA) is 71.2 Å². The van der Waals surface area contributed by atoms with Crippen molar-refractivity contribution in [3.63, 3.8) is 0 Å². The van der Waals surface area contributed by atoms with Crippen LogP contribution >= 0.6 is 0 Å². The van der Waals surface area contributed by atoms with Gasteiger partial charge >= 0.3 is 0 Å². The molecule has 4 rings (SSSR count). The lowest BCUT2D eigenvalue weighted by molar-refractivity contribution is 0.0703. The summed E-state index contributed by atoms with van der Waals surface area (Å²) in [6.45, 7) is 1.33. The highest BCUT2D eigenvalue weighted by molar-refractivity contribution is 5.94. The summed E-state index contributed by atoms with van der Waals surface area (Å²) < 4.78 is 1.86. The van der Waals surface area contributed by atoms with Crippen molar-refractivity contribution in [3.8, 4) is 0 Å². The van der Waals surface area contributed by atoms with Crippen LogP contribution < -0.4 is 0 Å². The van der Waals surface area contributed by atoms with E-state index < -0.39 is 0 Å². The van der Waals surface area contributed by atoms with Crippen molar-refractivity contribution in [3.05, 3.63) is 46.5 Å². The molecule has 1 fully saturated rings.